The Morgan fingerprint density at radius 1 is 1.08 bits per heavy atom. The summed E-state index contributed by atoms with van der Waals surface area (Å²) >= 11 is 1.68. The summed E-state index contributed by atoms with van der Waals surface area (Å²) in [6.07, 6.45) is 2.27. The lowest BCUT2D eigenvalue weighted by atomic mass is 9.92. The van der Waals surface area contributed by atoms with Crippen molar-refractivity contribution in [2.75, 3.05) is 6.61 Å². The second-order valence-corrected chi connectivity index (χ2v) is 10.9. The molecule has 1 aliphatic carbocycles. The second-order valence-electron chi connectivity index (χ2n) is 9.98. The molecule has 0 spiro atoms. The fourth-order valence-corrected chi connectivity index (χ4v) is 5.74. The van der Waals surface area contributed by atoms with Crippen LogP contribution < -0.4 is 4.74 Å². The van der Waals surface area contributed by atoms with Crippen molar-refractivity contribution >= 4 is 27.4 Å². The molecule has 0 bridgehead atoms. The highest BCUT2D eigenvalue weighted by atomic mass is 32.1. The molecule has 0 saturated heterocycles. The molecule has 0 aliphatic heterocycles. The fourth-order valence-electron chi connectivity index (χ4n) is 4.80. The maximum atomic E-state index is 11.3. The molecule has 0 radical (unpaired) electrons. The molecule has 1 saturated carbocycles. The normalized spacial score (nSPS) is 14.5. The molecule has 5 rings (SSSR count). The van der Waals surface area contributed by atoms with Crippen molar-refractivity contribution in [3.8, 4) is 45.6 Å². The number of aliphatic carboxylic acids is 1. The van der Waals surface area contributed by atoms with E-state index in [0.29, 0.717) is 24.2 Å². The van der Waals surface area contributed by atoms with E-state index >= 15 is 0 Å². The Morgan fingerprint density at radius 2 is 1.87 bits per heavy atom. The van der Waals surface area contributed by atoms with Gasteiger partial charge in [-0.1, -0.05) is 30.2 Å². The lowest BCUT2D eigenvalue weighted by Crippen LogP contribution is -2.12. The third kappa shape index (κ3) is 5.55. The smallest absolute Gasteiger partial charge is 0.304 e. The molecule has 0 unspecified atom stereocenters. The summed E-state index contributed by atoms with van der Waals surface area (Å²) in [6.45, 7) is 4.25. The number of aryl methyl sites for hydroxylation is 1. The van der Waals surface area contributed by atoms with Crippen LogP contribution in [0.4, 0.5) is 0 Å². The predicted octanol–water partition coefficient (Wildman–Crippen LogP) is 7.12. The minimum Gasteiger partial charge on any atom is -0.507 e. The third-order valence-electron chi connectivity index (χ3n) is 7.16. The number of benzene rings is 3. The van der Waals surface area contributed by atoms with Gasteiger partial charge in [0.25, 0.3) is 0 Å². The Morgan fingerprint density at radius 3 is 2.55 bits per heavy atom. The van der Waals surface area contributed by atoms with Crippen LogP contribution in [0.25, 0.3) is 32.3 Å². The highest BCUT2D eigenvalue weighted by Crippen LogP contribution is 2.41. The monoisotopic (exact) mass is 526 g/mol. The molecule has 1 aromatic heterocycles. The number of carbonyl (C=O) groups is 1. The third-order valence-corrected chi connectivity index (χ3v) is 8.12. The number of carboxylic acids is 1. The topological polar surface area (TPSA) is 87.0 Å². The first-order chi connectivity index (χ1) is 18.3. The zero-order chi connectivity index (χ0) is 26.9. The summed E-state index contributed by atoms with van der Waals surface area (Å²) in [5, 5.41) is 33.4. The van der Waals surface area contributed by atoms with Crippen LogP contribution in [0.1, 0.15) is 49.7 Å². The number of hydrogen-bond acceptors (Lipinski definition) is 5. The molecule has 1 heterocycles. The van der Waals surface area contributed by atoms with Gasteiger partial charge >= 0.3 is 5.97 Å². The summed E-state index contributed by atoms with van der Waals surface area (Å²) in [6, 6.07) is 17.5. The number of ether oxygens (including phenoxy) is 1. The number of aromatic hydroxyl groups is 1. The summed E-state index contributed by atoms with van der Waals surface area (Å²) in [4.78, 5) is 11.3. The van der Waals surface area contributed by atoms with Gasteiger partial charge < -0.3 is 20.1 Å². The van der Waals surface area contributed by atoms with E-state index in [9.17, 15) is 20.1 Å². The van der Waals surface area contributed by atoms with Gasteiger partial charge in [-0.05, 0) is 84.7 Å². The van der Waals surface area contributed by atoms with E-state index in [4.69, 9.17) is 4.74 Å². The van der Waals surface area contributed by atoms with Crippen LogP contribution >= 0.6 is 11.3 Å². The SMILES string of the molecule is CC#C[C@@H](CC(=O)O)c1ccc(-c2ccc3scc(-c4ccc(OCCC5(O)CC5)cc4C)c3c2)c(O)c1. The number of carboxylic acid groups (broad SMARTS) is 1. The number of fused-ring (bicyclic) bond motifs is 1. The average molecular weight is 527 g/mol. The molecule has 3 N–H and O–H groups in total. The number of phenols is 1. The average Bonchev–Trinajstić information content (AvgIpc) is 3.47. The van der Waals surface area contributed by atoms with Gasteiger partial charge in [0, 0.05) is 27.6 Å². The van der Waals surface area contributed by atoms with Gasteiger partial charge in [-0.15, -0.1) is 17.3 Å². The highest BCUT2D eigenvalue weighted by Gasteiger charge is 2.39. The standard InChI is InChI=1S/C32H30O5S/c1-3-4-21(18-31(34)35)22-5-8-26(29(33)17-22)23-6-10-30-27(16-23)28(19-38-30)25-9-7-24(15-20(25)2)37-14-13-32(36)11-12-32/h5-10,15-17,19,21,33,36H,11-14,18H2,1-2H3,(H,34,35)/t21-/m0/s1. The second kappa shape index (κ2) is 10.5. The van der Waals surface area contributed by atoms with E-state index in [2.05, 4.69) is 42.3 Å². The van der Waals surface area contributed by atoms with Crippen molar-refractivity contribution in [2.45, 2.75) is 51.0 Å². The van der Waals surface area contributed by atoms with Crippen molar-refractivity contribution in [3.63, 3.8) is 0 Å². The molecule has 4 aromatic rings. The minimum atomic E-state index is -0.927. The Hall–Kier alpha value is -3.79. The predicted molar refractivity (Wildman–Crippen MR) is 152 cm³/mol. The van der Waals surface area contributed by atoms with Gasteiger partial charge in [0.2, 0.25) is 0 Å². The lowest BCUT2D eigenvalue weighted by molar-refractivity contribution is -0.137. The van der Waals surface area contributed by atoms with Crippen LogP contribution in [-0.2, 0) is 4.79 Å². The van der Waals surface area contributed by atoms with Crippen LogP contribution in [0.15, 0.2) is 60.0 Å². The number of rotatable bonds is 9. The van der Waals surface area contributed by atoms with E-state index in [1.807, 2.05) is 30.3 Å². The fraction of sp³-hybridized carbons (Fsp3) is 0.281. The first kappa shape index (κ1) is 25.8. The van der Waals surface area contributed by atoms with Crippen LogP contribution in [0, 0.1) is 18.8 Å². The summed E-state index contributed by atoms with van der Waals surface area (Å²) in [7, 11) is 0. The zero-order valence-electron chi connectivity index (χ0n) is 21.5. The lowest BCUT2D eigenvalue weighted by Gasteiger charge is -2.13. The summed E-state index contributed by atoms with van der Waals surface area (Å²) in [5.74, 6) is 5.22. The van der Waals surface area contributed by atoms with Crippen molar-refractivity contribution in [1.82, 2.24) is 0 Å². The van der Waals surface area contributed by atoms with Crippen molar-refractivity contribution < 1.29 is 24.9 Å². The van der Waals surface area contributed by atoms with E-state index in [-0.39, 0.29) is 12.2 Å². The van der Waals surface area contributed by atoms with Gasteiger partial charge in [-0.25, -0.2) is 0 Å². The van der Waals surface area contributed by atoms with Crippen LogP contribution in [0.5, 0.6) is 11.5 Å². The first-order valence-electron chi connectivity index (χ1n) is 12.7. The molecule has 0 amide bonds. The van der Waals surface area contributed by atoms with Crippen LogP contribution in [-0.4, -0.2) is 33.5 Å². The number of aliphatic hydroxyl groups is 1. The van der Waals surface area contributed by atoms with E-state index < -0.39 is 17.5 Å². The van der Waals surface area contributed by atoms with Gasteiger partial charge in [0.15, 0.2) is 0 Å². The van der Waals surface area contributed by atoms with Crippen molar-refractivity contribution in [1.29, 1.82) is 0 Å². The van der Waals surface area contributed by atoms with Gasteiger partial charge in [-0.3, -0.25) is 4.79 Å². The Bertz CT molecular complexity index is 1570. The van der Waals surface area contributed by atoms with Crippen molar-refractivity contribution in [3.05, 3.63) is 71.1 Å². The molecule has 38 heavy (non-hydrogen) atoms. The summed E-state index contributed by atoms with van der Waals surface area (Å²) < 4.78 is 7.04. The molecule has 1 fully saturated rings. The summed E-state index contributed by atoms with van der Waals surface area (Å²) in [5.41, 5.74) is 5.09. The number of thiophene rings is 1. The minimum absolute atomic E-state index is 0.0976. The van der Waals surface area contributed by atoms with E-state index in [1.54, 1.807) is 24.3 Å². The largest absolute Gasteiger partial charge is 0.507 e. The van der Waals surface area contributed by atoms with E-state index in [1.165, 1.54) is 0 Å². The Balaban J connectivity index is 1.42. The van der Waals surface area contributed by atoms with Crippen LogP contribution in [0.2, 0.25) is 0 Å². The van der Waals surface area contributed by atoms with Crippen molar-refractivity contribution in [2.24, 2.45) is 0 Å². The Labute approximate surface area is 226 Å². The molecular formula is C32H30O5S. The molecule has 194 valence electrons. The molecular weight excluding hydrogens is 496 g/mol. The molecule has 6 heteroatoms. The molecule has 5 nitrogen and oxygen atoms in total. The maximum Gasteiger partial charge on any atom is 0.304 e. The zero-order valence-corrected chi connectivity index (χ0v) is 22.3. The van der Waals surface area contributed by atoms with Gasteiger partial charge in [0.1, 0.15) is 11.5 Å². The number of hydrogen-bond donors (Lipinski definition) is 3. The van der Waals surface area contributed by atoms with Gasteiger partial charge in [-0.2, -0.15) is 0 Å². The molecule has 1 aliphatic rings. The highest BCUT2D eigenvalue weighted by molar-refractivity contribution is 7.17. The number of phenolic OH excluding ortho intramolecular Hbond substituents is 1. The Kier molecular flexibility index (Phi) is 7.16. The van der Waals surface area contributed by atoms with E-state index in [0.717, 1.165) is 50.9 Å². The molecule has 1 atom stereocenters. The maximum absolute atomic E-state index is 11.3. The quantitative estimate of drug-likeness (QED) is 0.202. The van der Waals surface area contributed by atoms with Gasteiger partial charge in [0.05, 0.1) is 24.5 Å². The van der Waals surface area contributed by atoms with Crippen LogP contribution in [0.3, 0.4) is 0 Å². The molecule has 3 aromatic carbocycles. The first-order valence-corrected chi connectivity index (χ1v) is 13.6.